The summed E-state index contributed by atoms with van der Waals surface area (Å²) in [5, 5.41) is 0. The smallest absolute Gasteiger partial charge is 0.379 e. The van der Waals surface area contributed by atoms with E-state index in [0.717, 1.165) is 11.8 Å². The quantitative estimate of drug-likeness (QED) is 0.714. The zero-order chi connectivity index (χ0) is 11.5. The Morgan fingerprint density at radius 2 is 2.20 bits per heavy atom. The summed E-state index contributed by atoms with van der Waals surface area (Å²) in [6.45, 7) is 0.737. The van der Waals surface area contributed by atoms with E-state index < -0.39 is 24.7 Å². The first-order valence-electron chi connectivity index (χ1n) is 4.82. The lowest BCUT2D eigenvalue weighted by Crippen LogP contribution is -2.48. The number of halogens is 3. The summed E-state index contributed by atoms with van der Waals surface area (Å²) < 4.78 is 41.6. The number of carbonyl (C=O) groups excluding carboxylic acids is 1. The highest BCUT2D eigenvalue weighted by atomic mass is 19.4. The maximum atomic E-state index is 12.2. The fourth-order valence-electron chi connectivity index (χ4n) is 1.66. The van der Waals surface area contributed by atoms with Gasteiger partial charge in [-0.1, -0.05) is 0 Å². The van der Waals surface area contributed by atoms with Crippen molar-refractivity contribution in [2.45, 2.75) is 32.0 Å². The van der Waals surface area contributed by atoms with E-state index in [4.69, 9.17) is 4.74 Å². The van der Waals surface area contributed by atoms with Gasteiger partial charge in [-0.3, -0.25) is 4.79 Å². The van der Waals surface area contributed by atoms with E-state index >= 15 is 0 Å². The molecule has 0 aromatic heterocycles. The number of hydrogen-bond acceptors (Lipinski definition) is 2. The van der Waals surface area contributed by atoms with Crippen molar-refractivity contribution in [3.63, 3.8) is 0 Å². The van der Waals surface area contributed by atoms with Crippen molar-refractivity contribution >= 4 is 5.91 Å². The van der Waals surface area contributed by atoms with Crippen LogP contribution in [-0.2, 0) is 9.53 Å². The summed E-state index contributed by atoms with van der Waals surface area (Å²) in [6.07, 6.45) is -3.06. The second kappa shape index (κ2) is 4.83. The van der Waals surface area contributed by atoms with Crippen LogP contribution in [0.25, 0.3) is 0 Å². The topological polar surface area (TPSA) is 29.5 Å². The summed E-state index contributed by atoms with van der Waals surface area (Å²) in [4.78, 5) is 11.9. The number of carbonyl (C=O) groups is 1. The van der Waals surface area contributed by atoms with Crippen LogP contribution < -0.4 is 0 Å². The minimum absolute atomic E-state index is 0.204. The Bertz CT molecular complexity index is 224. The van der Waals surface area contributed by atoms with Crippen LogP contribution in [0.3, 0.4) is 0 Å². The fourth-order valence-corrected chi connectivity index (χ4v) is 1.66. The first-order valence-corrected chi connectivity index (χ1v) is 4.82. The molecule has 0 N–H and O–H groups in total. The average molecular weight is 225 g/mol. The van der Waals surface area contributed by atoms with E-state index in [9.17, 15) is 18.0 Å². The van der Waals surface area contributed by atoms with Crippen molar-refractivity contribution in [2.24, 2.45) is 0 Å². The van der Waals surface area contributed by atoms with Crippen molar-refractivity contribution in [1.29, 1.82) is 0 Å². The lowest BCUT2D eigenvalue weighted by atomic mass is 10.1. The summed E-state index contributed by atoms with van der Waals surface area (Å²) in [7, 11) is 0. The molecule has 3 nitrogen and oxygen atoms in total. The zero-order valence-electron chi connectivity index (χ0n) is 8.51. The molecule has 0 aromatic carbocycles. The Balaban J connectivity index is 2.60. The lowest BCUT2D eigenvalue weighted by Gasteiger charge is -2.33. The SMILES string of the molecule is CC(=O)N(CC(F)(F)F)[C@H]1CCCOC1. The molecule has 0 bridgehead atoms. The number of alkyl halides is 3. The zero-order valence-corrected chi connectivity index (χ0v) is 8.51. The Morgan fingerprint density at radius 3 is 2.60 bits per heavy atom. The van der Waals surface area contributed by atoms with Crippen LogP contribution in [0.5, 0.6) is 0 Å². The number of amides is 1. The number of rotatable bonds is 2. The summed E-state index contributed by atoms with van der Waals surface area (Å²) >= 11 is 0. The molecule has 0 spiro atoms. The molecule has 1 heterocycles. The molecule has 0 aliphatic carbocycles. The third kappa shape index (κ3) is 4.07. The van der Waals surface area contributed by atoms with E-state index in [1.807, 2.05) is 0 Å². The van der Waals surface area contributed by atoms with Gasteiger partial charge in [-0.2, -0.15) is 13.2 Å². The van der Waals surface area contributed by atoms with Gasteiger partial charge in [0.25, 0.3) is 0 Å². The van der Waals surface area contributed by atoms with Crippen molar-refractivity contribution in [3.8, 4) is 0 Å². The third-order valence-corrected chi connectivity index (χ3v) is 2.33. The van der Waals surface area contributed by atoms with Crippen molar-refractivity contribution in [2.75, 3.05) is 19.8 Å². The van der Waals surface area contributed by atoms with E-state index in [1.54, 1.807) is 0 Å². The molecule has 0 saturated carbocycles. The number of hydrogen-bond donors (Lipinski definition) is 0. The minimum Gasteiger partial charge on any atom is -0.379 e. The summed E-state index contributed by atoms with van der Waals surface area (Å²) in [6, 6.07) is -0.433. The molecular weight excluding hydrogens is 211 g/mol. The molecule has 1 fully saturated rings. The average Bonchev–Trinajstić information content (AvgIpc) is 2.14. The normalized spacial score (nSPS) is 22.5. The van der Waals surface area contributed by atoms with Crippen LogP contribution in [0.2, 0.25) is 0 Å². The maximum Gasteiger partial charge on any atom is 0.406 e. The Morgan fingerprint density at radius 1 is 1.53 bits per heavy atom. The maximum absolute atomic E-state index is 12.2. The van der Waals surface area contributed by atoms with Crippen LogP contribution in [0.4, 0.5) is 13.2 Å². The molecule has 0 radical (unpaired) electrons. The molecule has 88 valence electrons. The molecule has 1 amide bonds. The Labute approximate surface area is 86.2 Å². The predicted molar refractivity (Wildman–Crippen MR) is 47.3 cm³/mol. The minimum atomic E-state index is -4.34. The van der Waals surface area contributed by atoms with Crippen LogP contribution in [0.1, 0.15) is 19.8 Å². The van der Waals surface area contributed by atoms with Gasteiger partial charge in [-0.15, -0.1) is 0 Å². The molecule has 1 aliphatic rings. The van der Waals surface area contributed by atoms with Crippen LogP contribution in [-0.4, -0.2) is 42.8 Å². The molecule has 1 aliphatic heterocycles. The number of ether oxygens (including phenoxy) is 1. The van der Waals surface area contributed by atoms with Gasteiger partial charge in [0.05, 0.1) is 12.6 Å². The highest BCUT2D eigenvalue weighted by Gasteiger charge is 2.35. The van der Waals surface area contributed by atoms with Gasteiger partial charge in [0.2, 0.25) is 5.91 Å². The monoisotopic (exact) mass is 225 g/mol. The molecule has 1 rings (SSSR count). The van der Waals surface area contributed by atoms with E-state index in [0.29, 0.717) is 19.4 Å². The van der Waals surface area contributed by atoms with Gasteiger partial charge in [0.15, 0.2) is 0 Å². The second-order valence-electron chi connectivity index (χ2n) is 3.63. The first-order chi connectivity index (χ1) is 6.90. The largest absolute Gasteiger partial charge is 0.406 e. The molecular formula is C9H14F3NO2. The Hall–Kier alpha value is -0.780. The van der Waals surface area contributed by atoms with Gasteiger partial charge in [-0.05, 0) is 12.8 Å². The molecule has 0 unspecified atom stereocenters. The second-order valence-corrected chi connectivity index (χ2v) is 3.63. The third-order valence-electron chi connectivity index (χ3n) is 2.33. The van der Waals surface area contributed by atoms with Crippen LogP contribution in [0.15, 0.2) is 0 Å². The summed E-state index contributed by atoms with van der Waals surface area (Å²) in [5.74, 6) is -0.553. The molecule has 1 saturated heterocycles. The van der Waals surface area contributed by atoms with Crippen LogP contribution in [0, 0.1) is 0 Å². The van der Waals surface area contributed by atoms with Crippen molar-refractivity contribution in [1.82, 2.24) is 4.90 Å². The standard InChI is InChI=1S/C9H14F3NO2/c1-7(14)13(6-9(10,11)12)8-3-2-4-15-5-8/h8H,2-6H2,1H3/t8-/m0/s1. The van der Waals surface area contributed by atoms with Gasteiger partial charge in [0.1, 0.15) is 6.54 Å². The molecule has 0 aromatic rings. The highest BCUT2D eigenvalue weighted by Crippen LogP contribution is 2.21. The van der Waals surface area contributed by atoms with E-state index in [1.165, 1.54) is 0 Å². The van der Waals surface area contributed by atoms with Crippen molar-refractivity contribution in [3.05, 3.63) is 0 Å². The van der Waals surface area contributed by atoms with Crippen molar-refractivity contribution < 1.29 is 22.7 Å². The molecule has 6 heteroatoms. The van der Waals surface area contributed by atoms with Gasteiger partial charge in [0, 0.05) is 13.5 Å². The summed E-state index contributed by atoms with van der Waals surface area (Å²) in [5.41, 5.74) is 0. The number of nitrogens with zero attached hydrogens (tertiary/aromatic N) is 1. The Kier molecular flexibility index (Phi) is 3.96. The molecule has 1 atom stereocenters. The molecule has 15 heavy (non-hydrogen) atoms. The van der Waals surface area contributed by atoms with Gasteiger partial charge >= 0.3 is 6.18 Å². The predicted octanol–water partition coefficient (Wildman–Crippen LogP) is 1.58. The fraction of sp³-hybridized carbons (Fsp3) is 0.889. The van der Waals surface area contributed by atoms with Gasteiger partial charge in [-0.25, -0.2) is 0 Å². The van der Waals surface area contributed by atoms with E-state index in [2.05, 4.69) is 0 Å². The highest BCUT2D eigenvalue weighted by molar-refractivity contribution is 5.73. The van der Waals surface area contributed by atoms with Gasteiger partial charge < -0.3 is 9.64 Å². The first kappa shape index (κ1) is 12.3. The van der Waals surface area contributed by atoms with Crippen LogP contribution >= 0.6 is 0 Å². The lowest BCUT2D eigenvalue weighted by molar-refractivity contribution is -0.168. The van der Waals surface area contributed by atoms with E-state index in [-0.39, 0.29) is 6.61 Å².